The number of carboxylic acids is 1. The topological polar surface area (TPSA) is 84.3 Å². The molecular formula is C14H19N3O3. The zero-order valence-electron chi connectivity index (χ0n) is 11.3. The smallest absolute Gasteiger partial charge is 0.339 e. The van der Waals surface area contributed by atoms with Crippen molar-refractivity contribution in [2.45, 2.75) is 44.1 Å². The molecule has 3 rings (SSSR count). The molecular weight excluding hydrogens is 258 g/mol. The van der Waals surface area contributed by atoms with Crippen LogP contribution in [0.25, 0.3) is 0 Å². The number of nitrogens with one attached hydrogen (secondary N) is 1. The van der Waals surface area contributed by atoms with Gasteiger partial charge in [-0.25, -0.2) is 14.8 Å². The van der Waals surface area contributed by atoms with Crippen molar-refractivity contribution in [3.8, 4) is 0 Å². The van der Waals surface area contributed by atoms with Gasteiger partial charge in [-0.1, -0.05) is 12.8 Å². The van der Waals surface area contributed by atoms with E-state index in [1.54, 1.807) is 0 Å². The number of hydrogen-bond donors (Lipinski definition) is 2. The first-order valence-electron chi connectivity index (χ1n) is 7.18. The summed E-state index contributed by atoms with van der Waals surface area (Å²) in [6, 6.07) is 0.224. The fraction of sp³-hybridized carbons (Fsp3) is 0.643. The largest absolute Gasteiger partial charge is 0.478 e. The van der Waals surface area contributed by atoms with Crippen LogP contribution in [0.2, 0.25) is 0 Å². The molecule has 1 aromatic rings. The van der Waals surface area contributed by atoms with E-state index in [2.05, 4.69) is 15.3 Å². The number of aromatic carboxylic acids is 1. The second-order valence-electron chi connectivity index (χ2n) is 5.48. The highest BCUT2D eigenvalue weighted by Crippen LogP contribution is 2.35. The molecule has 1 unspecified atom stereocenters. The number of carboxylic acid groups (broad SMARTS) is 1. The van der Waals surface area contributed by atoms with Crippen LogP contribution < -0.4 is 5.32 Å². The van der Waals surface area contributed by atoms with E-state index < -0.39 is 5.97 Å². The first-order chi connectivity index (χ1) is 9.74. The highest BCUT2D eigenvalue weighted by Gasteiger charge is 2.25. The number of ether oxygens (including phenoxy) is 1. The summed E-state index contributed by atoms with van der Waals surface area (Å²) in [7, 11) is 0. The molecule has 2 aliphatic rings. The van der Waals surface area contributed by atoms with Crippen molar-refractivity contribution >= 4 is 11.9 Å². The summed E-state index contributed by atoms with van der Waals surface area (Å²) in [5.41, 5.74) is 0.927. The van der Waals surface area contributed by atoms with Crippen LogP contribution in [-0.2, 0) is 4.74 Å². The molecule has 0 bridgehead atoms. The van der Waals surface area contributed by atoms with Crippen LogP contribution in [0, 0.1) is 0 Å². The maximum Gasteiger partial charge on any atom is 0.339 e. The first-order valence-corrected chi connectivity index (χ1v) is 7.18. The maximum absolute atomic E-state index is 11.3. The fourth-order valence-corrected chi connectivity index (χ4v) is 2.97. The van der Waals surface area contributed by atoms with Gasteiger partial charge >= 0.3 is 5.97 Å². The quantitative estimate of drug-likeness (QED) is 0.876. The number of aromatic nitrogens is 2. The summed E-state index contributed by atoms with van der Waals surface area (Å²) in [5.74, 6) is -0.167. The van der Waals surface area contributed by atoms with Crippen LogP contribution >= 0.6 is 0 Å². The Morgan fingerprint density at radius 3 is 2.80 bits per heavy atom. The lowest BCUT2D eigenvalue weighted by molar-refractivity contribution is 0.0694. The second-order valence-corrected chi connectivity index (χ2v) is 5.48. The van der Waals surface area contributed by atoms with Gasteiger partial charge in [-0.2, -0.15) is 0 Å². The second kappa shape index (κ2) is 5.75. The molecule has 2 fully saturated rings. The molecule has 2 N–H and O–H groups in total. The van der Waals surface area contributed by atoms with Crippen LogP contribution in [0.1, 0.15) is 54.1 Å². The molecule has 6 heteroatoms. The molecule has 0 radical (unpaired) electrons. The van der Waals surface area contributed by atoms with Gasteiger partial charge in [0, 0.05) is 18.7 Å². The van der Waals surface area contributed by atoms with Gasteiger partial charge in [0.05, 0.1) is 23.9 Å². The fourth-order valence-electron chi connectivity index (χ4n) is 2.97. The minimum absolute atomic E-state index is 0.224. The molecule has 1 saturated carbocycles. The molecule has 6 nitrogen and oxygen atoms in total. The third-order valence-electron chi connectivity index (χ3n) is 4.05. The molecule has 20 heavy (non-hydrogen) atoms. The zero-order chi connectivity index (χ0) is 13.9. The van der Waals surface area contributed by atoms with Crippen molar-refractivity contribution in [3.63, 3.8) is 0 Å². The van der Waals surface area contributed by atoms with Crippen molar-refractivity contribution in [1.82, 2.24) is 9.97 Å². The Morgan fingerprint density at radius 1 is 1.35 bits per heavy atom. The molecule has 0 spiro atoms. The van der Waals surface area contributed by atoms with Crippen LogP contribution in [-0.4, -0.2) is 40.3 Å². The van der Waals surface area contributed by atoms with Gasteiger partial charge < -0.3 is 15.2 Å². The average Bonchev–Trinajstić information content (AvgIpc) is 3.11. The normalized spacial score (nSPS) is 23.1. The Bertz CT molecular complexity index is 494. The van der Waals surface area contributed by atoms with Crippen LogP contribution in [0.3, 0.4) is 0 Å². The maximum atomic E-state index is 11.3. The van der Waals surface area contributed by atoms with E-state index in [0.29, 0.717) is 18.2 Å². The van der Waals surface area contributed by atoms with Gasteiger partial charge in [0.25, 0.3) is 0 Å². The predicted octanol–water partition coefficient (Wildman–Crippen LogP) is 2.03. The number of hydrogen-bond acceptors (Lipinski definition) is 5. The van der Waals surface area contributed by atoms with E-state index >= 15 is 0 Å². The number of anilines is 1. The number of carbonyl (C=O) groups is 1. The van der Waals surface area contributed by atoms with Gasteiger partial charge in [0.2, 0.25) is 5.95 Å². The van der Waals surface area contributed by atoms with Crippen molar-refractivity contribution < 1.29 is 14.6 Å². The predicted molar refractivity (Wildman–Crippen MR) is 73.0 cm³/mol. The highest BCUT2D eigenvalue weighted by atomic mass is 16.5. The van der Waals surface area contributed by atoms with E-state index in [4.69, 9.17) is 4.74 Å². The van der Waals surface area contributed by atoms with Crippen molar-refractivity contribution in [1.29, 1.82) is 0 Å². The molecule has 0 amide bonds. The third kappa shape index (κ3) is 2.75. The summed E-state index contributed by atoms with van der Waals surface area (Å²) in [5, 5.41) is 12.5. The lowest BCUT2D eigenvalue weighted by Crippen LogP contribution is -2.22. The minimum Gasteiger partial charge on any atom is -0.478 e. The van der Waals surface area contributed by atoms with Crippen molar-refractivity contribution in [2.75, 3.05) is 18.5 Å². The van der Waals surface area contributed by atoms with Gasteiger partial charge in [0.15, 0.2) is 0 Å². The Labute approximate surface area is 117 Å². The number of nitrogens with zero attached hydrogens (tertiary/aromatic N) is 2. The molecule has 1 aromatic heterocycles. The van der Waals surface area contributed by atoms with Crippen LogP contribution in [0.5, 0.6) is 0 Å². The minimum atomic E-state index is -0.942. The Kier molecular flexibility index (Phi) is 3.82. The Hall–Kier alpha value is -1.69. The molecule has 1 aliphatic carbocycles. The van der Waals surface area contributed by atoms with Crippen molar-refractivity contribution in [2.24, 2.45) is 0 Å². The van der Waals surface area contributed by atoms with E-state index in [-0.39, 0.29) is 17.5 Å². The zero-order valence-corrected chi connectivity index (χ0v) is 11.3. The number of rotatable bonds is 4. The summed E-state index contributed by atoms with van der Waals surface area (Å²) >= 11 is 0. The molecule has 108 valence electrons. The van der Waals surface area contributed by atoms with Gasteiger partial charge in [-0.05, 0) is 19.3 Å². The molecule has 1 saturated heterocycles. The average molecular weight is 277 g/mol. The SMILES string of the molecule is O=C(O)c1cnc(NC2CCOC2)nc1C1CCCC1. The lowest BCUT2D eigenvalue weighted by Gasteiger charge is -2.15. The van der Waals surface area contributed by atoms with E-state index in [1.807, 2.05) is 0 Å². The Morgan fingerprint density at radius 2 is 2.15 bits per heavy atom. The van der Waals surface area contributed by atoms with Gasteiger partial charge in [0.1, 0.15) is 0 Å². The monoisotopic (exact) mass is 277 g/mol. The lowest BCUT2D eigenvalue weighted by atomic mass is 9.99. The van der Waals surface area contributed by atoms with Crippen LogP contribution in [0.4, 0.5) is 5.95 Å². The molecule has 1 atom stereocenters. The summed E-state index contributed by atoms with van der Waals surface area (Å²) in [4.78, 5) is 19.9. The first kappa shape index (κ1) is 13.3. The standard InChI is InChI=1S/C14H19N3O3/c18-13(19)11-7-15-14(16-10-5-6-20-8-10)17-12(11)9-3-1-2-4-9/h7,9-10H,1-6,8H2,(H,18,19)(H,15,16,17). The van der Waals surface area contributed by atoms with E-state index in [9.17, 15) is 9.90 Å². The molecule has 1 aliphatic heterocycles. The summed E-state index contributed by atoms with van der Waals surface area (Å²) in [6.07, 6.45) is 6.69. The Balaban J connectivity index is 1.84. The van der Waals surface area contributed by atoms with Crippen LogP contribution in [0.15, 0.2) is 6.20 Å². The summed E-state index contributed by atoms with van der Waals surface area (Å²) in [6.45, 7) is 1.41. The molecule has 2 heterocycles. The highest BCUT2D eigenvalue weighted by molar-refractivity contribution is 5.88. The van der Waals surface area contributed by atoms with Gasteiger partial charge in [-0.3, -0.25) is 0 Å². The van der Waals surface area contributed by atoms with E-state index in [0.717, 1.165) is 38.7 Å². The van der Waals surface area contributed by atoms with E-state index in [1.165, 1.54) is 6.20 Å². The third-order valence-corrected chi connectivity index (χ3v) is 4.05. The van der Waals surface area contributed by atoms with Gasteiger partial charge in [-0.15, -0.1) is 0 Å². The summed E-state index contributed by atoms with van der Waals surface area (Å²) < 4.78 is 5.31. The molecule has 0 aromatic carbocycles. The van der Waals surface area contributed by atoms with Crippen molar-refractivity contribution in [3.05, 3.63) is 17.5 Å².